The predicted octanol–water partition coefficient (Wildman–Crippen LogP) is 0.598. The van der Waals surface area contributed by atoms with Gasteiger partial charge in [-0.3, -0.25) is 18.9 Å². The number of rotatable bonds is 6. The van der Waals surface area contributed by atoms with Crippen LogP contribution in [0.25, 0.3) is 4.96 Å². The molecule has 1 aliphatic heterocycles. The van der Waals surface area contributed by atoms with Crippen molar-refractivity contribution < 1.29 is 9.53 Å². The Morgan fingerprint density at radius 2 is 2.17 bits per heavy atom. The molecule has 0 radical (unpaired) electrons. The molecule has 7 nitrogen and oxygen atoms in total. The van der Waals surface area contributed by atoms with Gasteiger partial charge < -0.3 is 10.1 Å². The number of fused-ring (bicyclic) bond motifs is 1. The summed E-state index contributed by atoms with van der Waals surface area (Å²) in [4.78, 5) is 31.4. The quantitative estimate of drug-likeness (QED) is 0.782. The Bertz CT molecular complexity index is 721. The van der Waals surface area contributed by atoms with Crippen LogP contribution in [0.3, 0.4) is 0 Å². The van der Waals surface area contributed by atoms with E-state index in [9.17, 15) is 9.59 Å². The molecule has 0 aliphatic carbocycles. The summed E-state index contributed by atoms with van der Waals surface area (Å²) in [5.74, 6) is -0.352. The highest BCUT2D eigenvalue weighted by atomic mass is 32.1. The van der Waals surface area contributed by atoms with Gasteiger partial charge in [0.15, 0.2) is 4.96 Å². The first-order valence-corrected chi connectivity index (χ1v) is 8.67. The van der Waals surface area contributed by atoms with E-state index >= 15 is 0 Å². The number of thiazole rings is 1. The molecule has 3 rings (SSSR count). The number of hydrogen-bond acceptors (Lipinski definition) is 6. The maximum absolute atomic E-state index is 12.2. The highest BCUT2D eigenvalue weighted by Crippen LogP contribution is 2.05. The van der Waals surface area contributed by atoms with Crippen molar-refractivity contribution in [2.45, 2.75) is 12.8 Å². The minimum atomic E-state index is -0.352. The summed E-state index contributed by atoms with van der Waals surface area (Å²) in [6.07, 6.45) is 4.89. The highest BCUT2D eigenvalue weighted by Gasteiger charge is 2.13. The van der Waals surface area contributed by atoms with E-state index in [1.807, 2.05) is 0 Å². The number of nitrogens with one attached hydrogen (secondary N) is 1. The highest BCUT2D eigenvalue weighted by molar-refractivity contribution is 7.15. The van der Waals surface area contributed by atoms with E-state index in [1.54, 1.807) is 11.6 Å². The molecule has 0 saturated carbocycles. The van der Waals surface area contributed by atoms with E-state index in [4.69, 9.17) is 4.74 Å². The normalized spacial score (nSPS) is 15.8. The summed E-state index contributed by atoms with van der Waals surface area (Å²) < 4.78 is 6.71. The number of hydrogen-bond donors (Lipinski definition) is 1. The molecule has 8 heteroatoms. The van der Waals surface area contributed by atoms with E-state index in [0.29, 0.717) is 11.5 Å². The molecule has 0 aromatic carbocycles. The molecule has 0 atom stereocenters. The Morgan fingerprint density at radius 1 is 1.35 bits per heavy atom. The van der Waals surface area contributed by atoms with Crippen molar-refractivity contribution in [3.05, 3.63) is 33.7 Å². The molecule has 3 heterocycles. The topological polar surface area (TPSA) is 75.9 Å². The fraction of sp³-hybridized carbons (Fsp3) is 0.533. The van der Waals surface area contributed by atoms with Gasteiger partial charge in [-0.2, -0.15) is 0 Å². The van der Waals surface area contributed by atoms with Crippen LogP contribution in [0, 0.1) is 0 Å². The molecule has 0 bridgehead atoms. The summed E-state index contributed by atoms with van der Waals surface area (Å²) >= 11 is 1.37. The van der Waals surface area contributed by atoms with Gasteiger partial charge in [0, 0.05) is 37.4 Å². The molecule has 124 valence electrons. The average molecular weight is 336 g/mol. The second-order valence-corrected chi connectivity index (χ2v) is 6.32. The van der Waals surface area contributed by atoms with Crippen LogP contribution in [0.2, 0.25) is 0 Å². The monoisotopic (exact) mass is 336 g/mol. The van der Waals surface area contributed by atoms with Crippen LogP contribution in [0.4, 0.5) is 0 Å². The predicted molar refractivity (Wildman–Crippen MR) is 88.2 cm³/mol. The van der Waals surface area contributed by atoms with Crippen LogP contribution in [-0.4, -0.2) is 59.6 Å². The maximum atomic E-state index is 12.2. The fourth-order valence-corrected chi connectivity index (χ4v) is 3.24. The zero-order valence-electron chi connectivity index (χ0n) is 12.9. The molecular weight excluding hydrogens is 316 g/mol. The largest absolute Gasteiger partial charge is 0.379 e. The standard InChI is InChI=1S/C15H20N4O3S/c20-13(12-11-17-15-19(14(12)21)7-10-23-15)16-3-1-2-4-18-5-8-22-9-6-18/h7,10-11H,1-6,8-9H2,(H,16,20). The molecule has 1 N–H and O–H groups in total. The molecular formula is C15H20N4O3S. The Labute approximate surface area is 137 Å². The summed E-state index contributed by atoms with van der Waals surface area (Å²) in [7, 11) is 0. The minimum absolute atomic E-state index is 0.0917. The van der Waals surface area contributed by atoms with Gasteiger partial charge in [-0.15, -0.1) is 11.3 Å². The van der Waals surface area contributed by atoms with Gasteiger partial charge in [-0.1, -0.05) is 0 Å². The van der Waals surface area contributed by atoms with E-state index in [2.05, 4.69) is 15.2 Å². The molecule has 23 heavy (non-hydrogen) atoms. The lowest BCUT2D eigenvalue weighted by Gasteiger charge is -2.26. The molecule has 2 aromatic heterocycles. The number of amides is 1. The van der Waals surface area contributed by atoms with Crippen LogP contribution < -0.4 is 10.9 Å². The van der Waals surface area contributed by atoms with E-state index < -0.39 is 0 Å². The van der Waals surface area contributed by atoms with Crippen molar-refractivity contribution in [1.29, 1.82) is 0 Å². The van der Waals surface area contributed by atoms with Crippen LogP contribution in [0.15, 0.2) is 22.6 Å². The lowest BCUT2D eigenvalue weighted by Crippen LogP contribution is -2.37. The number of carbonyl (C=O) groups excluding carboxylic acids is 1. The van der Waals surface area contributed by atoms with Gasteiger partial charge >= 0.3 is 0 Å². The van der Waals surface area contributed by atoms with E-state index in [-0.39, 0.29) is 17.0 Å². The summed E-state index contributed by atoms with van der Waals surface area (Å²) in [6, 6.07) is 0. The zero-order valence-corrected chi connectivity index (χ0v) is 13.7. The first-order valence-electron chi connectivity index (χ1n) is 7.79. The second kappa shape index (κ2) is 7.67. The summed E-state index contributed by atoms with van der Waals surface area (Å²) in [5.41, 5.74) is -0.226. The Hall–Kier alpha value is -1.77. The smallest absolute Gasteiger partial charge is 0.271 e. The van der Waals surface area contributed by atoms with Crippen LogP contribution in [0.5, 0.6) is 0 Å². The van der Waals surface area contributed by atoms with Gasteiger partial charge in [-0.25, -0.2) is 4.98 Å². The number of carbonyl (C=O) groups is 1. The third-order valence-corrected chi connectivity index (χ3v) is 4.65. The SMILES string of the molecule is O=C(NCCCCN1CCOCC1)c1cnc2sccn2c1=O. The number of aromatic nitrogens is 2. The second-order valence-electron chi connectivity index (χ2n) is 5.45. The van der Waals surface area contributed by atoms with E-state index in [0.717, 1.165) is 45.7 Å². The molecule has 0 unspecified atom stereocenters. The number of ether oxygens (including phenoxy) is 1. The van der Waals surface area contributed by atoms with Crippen molar-refractivity contribution in [1.82, 2.24) is 19.6 Å². The molecule has 1 amide bonds. The maximum Gasteiger partial charge on any atom is 0.271 e. The first-order chi connectivity index (χ1) is 11.3. The van der Waals surface area contributed by atoms with Gasteiger partial charge in [-0.05, 0) is 19.4 Å². The Balaban J connectivity index is 1.45. The van der Waals surface area contributed by atoms with Gasteiger partial charge in [0.05, 0.1) is 13.2 Å². The zero-order chi connectivity index (χ0) is 16.1. The van der Waals surface area contributed by atoms with Crippen molar-refractivity contribution in [3.63, 3.8) is 0 Å². The van der Waals surface area contributed by atoms with Crippen LogP contribution >= 0.6 is 11.3 Å². The Kier molecular flexibility index (Phi) is 5.37. The average Bonchev–Trinajstić information content (AvgIpc) is 3.05. The van der Waals surface area contributed by atoms with E-state index in [1.165, 1.54) is 21.9 Å². The van der Waals surface area contributed by atoms with Crippen molar-refractivity contribution in [2.75, 3.05) is 39.4 Å². The van der Waals surface area contributed by atoms with Gasteiger partial charge in [0.2, 0.25) is 0 Å². The summed E-state index contributed by atoms with van der Waals surface area (Å²) in [5, 5.41) is 4.58. The number of morpholine rings is 1. The van der Waals surface area contributed by atoms with Crippen LogP contribution in [0.1, 0.15) is 23.2 Å². The van der Waals surface area contributed by atoms with Crippen molar-refractivity contribution in [2.24, 2.45) is 0 Å². The first kappa shape index (κ1) is 16.1. The number of unbranched alkanes of at least 4 members (excludes halogenated alkanes) is 1. The lowest BCUT2D eigenvalue weighted by atomic mass is 10.2. The fourth-order valence-electron chi connectivity index (χ4n) is 2.56. The lowest BCUT2D eigenvalue weighted by molar-refractivity contribution is 0.0372. The Morgan fingerprint density at radius 3 is 3.00 bits per heavy atom. The molecule has 2 aromatic rings. The van der Waals surface area contributed by atoms with Crippen molar-refractivity contribution >= 4 is 22.2 Å². The molecule has 1 saturated heterocycles. The third-order valence-electron chi connectivity index (χ3n) is 3.88. The molecule has 0 spiro atoms. The summed E-state index contributed by atoms with van der Waals surface area (Å²) in [6.45, 7) is 5.15. The molecule has 1 fully saturated rings. The third kappa shape index (κ3) is 3.95. The van der Waals surface area contributed by atoms with Crippen molar-refractivity contribution in [3.8, 4) is 0 Å². The van der Waals surface area contributed by atoms with Crippen LogP contribution in [-0.2, 0) is 4.74 Å². The number of nitrogens with zero attached hydrogens (tertiary/aromatic N) is 3. The molecule has 1 aliphatic rings. The van der Waals surface area contributed by atoms with Gasteiger partial charge in [0.25, 0.3) is 11.5 Å². The minimum Gasteiger partial charge on any atom is -0.379 e. The van der Waals surface area contributed by atoms with Gasteiger partial charge in [0.1, 0.15) is 5.56 Å².